The quantitative estimate of drug-likeness (QED) is 0.593. The minimum atomic E-state index is -4.53. The molecule has 27 heavy (non-hydrogen) atoms. The first kappa shape index (κ1) is 19.1. The first-order chi connectivity index (χ1) is 12.9. The van der Waals surface area contributed by atoms with Gasteiger partial charge in [0.15, 0.2) is 5.16 Å². The summed E-state index contributed by atoms with van der Waals surface area (Å²) in [7, 11) is 0. The lowest BCUT2D eigenvalue weighted by atomic mass is 10.1. The fourth-order valence-corrected chi connectivity index (χ4v) is 3.13. The monoisotopic (exact) mass is 395 g/mol. The summed E-state index contributed by atoms with van der Waals surface area (Å²) in [4.78, 5) is 19.5. The van der Waals surface area contributed by atoms with Gasteiger partial charge in [-0.1, -0.05) is 23.9 Å². The maximum absolute atomic E-state index is 13.0. The van der Waals surface area contributed by atoms with E-state index in [0.717, 1.165) is 23.3 Å². The molecule has 2 N–H and O–H groups in total. The number of benzene rings is 2. The summed E-state index contributed by atoms with van der Waals surface area (Å²) in [6.45, 7) is 2.43. The van der Waals surface area contributed by atoms with Crippen LogP contribution in [0.15, 0.2) is 47.6 Å². The number of aromatic nitrogens is 2. The number of fused-ring (bicyclic) bond motifs is 1. The van der Waals surface area contributed by atoms with Crippen LogP contribution >= 0.6 is 11.8 Å². The summed E-state index contributed by atoms with van der Waals surface area (Å²) in [5, 5.41) is 2.80. The zero-order chi connectivity index (χ0) is 19.4. The third-order valence-corrected chi connectivity index (χ3v) is 4.46. The van der Waals surface area contributed by atoms with Crippen LogP contribution in [0.5, 0.6) is 5.75 Å². The van der Waals surface area contributed by atoms with Crippen LogP contribution in [0.4, 0.5) is 18.9 Å². The SMILES string of the molecule is CCOc1ccc2nc(SCC(=O)Nc3ccccc3C(F)(F)F)[nH]c2c1. The number of carbonyl (C=O) groups excluding carboxylic acids is 1. The molecule has 0 atom stereocenters. The van der Waals surface area contributed by atoms with Gasteiger partial charge in [-0.25, -0.2) is 4.98 Å². The van der Waals surface area contributed by atoms with Crippen LogP contribution in [-0.2, 0) is 11.0 Å². The fraction of sp³-hybridized carbons (Fsp3) is 0.222. The summed E-state index contributed by atoms with van der Waals surface area (Å²) >= 11 is 1.11. The van der Waals surface area contributed by atoms with Crippen LogP contribution in [0.3, 0.4) is 0 Å². The van der Waals surface area contributed by atoms with E-state index in [-0.39, 0.29) is 11.4 Å². The van der Waals surface area contributed by atoms with E-state index < -0.39 is 17.6 Å². The molecule has 0 spiro atoms. The molecule has 0 fully saturated rings. The molecule has 3 rings (SSSR count). The fourth-order valence-electron chi connectivity index (χ4n) is 2.45. The van der Waals surface area contributed by atoms with Crippen LogP contribution in [-0.4, -0.2) is 28.2 Å². The van der Waals surface area contributed by atoms with Crippen molar-refractivity contribution in [3.63, 3.8) is 0 Å². The highest BCUT2D eigenvalue weighted by molar-refractivity contribution is 7.99. The summed E-state index contributed by atoms with van der Waals surface area (Å²) in [6.07, 6.45) is -4.53. The van der Waals surface area contributed by atoms with Crippen LogP contribution in [0.2, 0.25) is 0 Å². The standard InChI is InChI=1S/C18H16F3N3O2S/c1-2-26-11-7-8-14-15(9-11)24-17(23-14)27-10-16(25)22-13-6-4-3-5-12(13)18(19,20)21/h3-9H,2,10H2,1H3,(H,22,25)(H,23,24). The number of rotatable bonds is 6. The molecule has 3 aromatic rings. The number of imidazole rings is 1. The topological polar surface area (TPSA) is 67.0 Å². The Morgan fingerprint density at radius 3 is 2.78 bits per heavy atom. The highest BCUT2D eigenvalue weighted by Crippen LogP contribution is 2.34. The molecule has 142 valence electrons. The number of halogens is 3. The zero-order valence-electron chi connectivity index (χ0n) is 14.3. The minimum Gasteiger partial charge on any atom is -0.494 e. The third kappa shape index (κ3) is 4.73. The molecule has 0 unspecified atom stereocenters. The van der Waals surface area contributed by atoms with E-state index >= 15 is 0 Å². The van der Waals surface area contributed by atoms with Gasteiger partial charge < -0.3 is 15.0 Å². The average molecular weight is 395 g/mol. The maximum atomic E-state index is 13.0. The van der Waals surface area contributed by atoms with Gasteiger partial charge in [-0.2, -0.15) is 13.2 Å². The summed E-state index contributed by atoms with van der Waals surface area (Å²) in [6, 6.07) is 10.3. The summed E-state index contributed by atoms with van der Waals surface area (Å²) in [5.41, 5.74) is 0.326. The number of nitrogens with one attached hydrogen (secondary N) is 2. The predicted octanol–water partition coefficient (Wildman–Crippen LogP) is 4.71. The van der Waals surface area contributed by atoms with Crippen molar-refractivity contribution < 1.29 is 22.7 Å². The number of alkyl halides is 3. The Balaban J connectivity index is 1.65. The lowest BCUT2D eigenvalue weighted by Crippen LogP contribution is -2.18. The van der Waals surface area contributed by atoms with Crippen molar-refractivity contribution in [1.29, 1.82) is 0 Å². The van der Waals surface area contributed by atoms with Gasteiger partial charge in [0.05, 0.1) is 34.6 Å². The van der Waals surface area contributed by atoms with E-state index in [4.69, 9.17) is 4.74 Å². The zero-order valence-corrected chi connectivity index (χ0v) is 15.1. The van der Waals surface area contributed by atoms with Gasteiger partial charge in [0.25, 0.3) is 0 Å². The first-order valence-electron chi connectivity index (χ1n) is 8.08. The molecule has 1 heterocycles. The number of ether oxygens (including phenoxy) is 1. The van der Waals surface area contributed by atoms with Gasteiger partial charge in [-0.3, -0.25) is 4.79 Å². The van der Waals surface area contributed by atoms with Gasteiger partial charge in [-0.15, -0.1) is 0 Å². The number of anilines is 1. The van der Waals surface area contributed by atoms with Crippen molar-refractivity contribution in [3.8, 4) is 5.75 Å². The van der Waals surface area contributed by atoms with Crippen LogP contribution in [0.1, 0.15) is 12.5 Å². The number of nitrogens with zero attached hydrogens (tertiary/aromatic N) is 1. The lowest BCUT2D eigenvalue weighted by Gasteiger charge is -2.13. The van der Waals surface area contributed by atoms with E-state index in [1.165, 1.54) is 18.2 Å². The van der Waals surface area contributed by atoms with Gasteiger partial charge >= 0.3 is 6.18 Å². The highest BCUT2D eigenvalue weighted by atomic mass is 32.2. The van der Waals surface area contributed by atoms with Crippen molar-refractivity contribution in [3.05, 3.63) is 48.0 Å². The van der Waals surface area contributed by atoms with Crippen LogP contribution < -0.4 is 10.1 Å². The molecular formula is C18H16F3N3O2S. The molecule has 2 aromatic carbocycles. The van der Waals surface area contributed by atoms with Crippen LogP contribution in [0.25, 0.3) is 11.0 Å². The highest BCUT2D eigenvalue weighted by Gasteiger charge is 2.33. The molecule has 1 amide bonds. The number of para-hydroxylation sites is 1. The number of hydrogen-bond donors (Lipinski definition) is 2. The van der Waals surface area contributed by atoms with E-state index in [9.17, 15) is 18.0 Å². The van der Waals surface area contributed by atoms with Crippen LogP contribution in [0, 0.1) is 0 Å². The van der Waals surface area contributed by atoms with E-state index in [1.807, 2.05) is 6.92 Å². The first-order valence-corrected chi connectivity index (χ1v) is 9.07. The van der Waals surface area contributed by atoms with Crippen molar-refractivity contribution in [1.82, 2.24) is 9.97 Å². The van der Waals surface area contributed by atoms with Crippen molar-refractivity contribution in [2.45, 2.75) is 18.3 Å². The lowest BCUT2D eigenvalue weighted by molar-refractivity contribution is -0.137. The molecule has 0 aliphatic heterocycles. The molecule has 5 nitrogen and oxygen atoms in total. The van der Waals surface area contributed by atoms with Gasteiger partial charge in [0.2, 0.25) is 5.91 Å². The number of aromatic amines is 1. The number of H-pyrrole nitrogens is 1. The van der Waals surface area contributed by atoms with Gasteiger partial charge in [0.1, 0.15) is 5.75 Å². The van der Waals surface area contributed by atoms with E-state index in [2.05, 4.69) is 15.3 Å². The van der Waals surface area contributed by atoms with E-state index in [1.54, 1.807) is 18.2 Å². The summed E-state index contributed by atoms with van der Waals surface area (Å²) in [5.74, 6) is 0.0727. The number of hydrogen-bond acceptors (Lipinski definition) is 4. The molecule has 0 aliphatic rings. The smallest absolute Gasteiger partial charge is 0.418 e. The Morgan fingerprint density at radius 1 is 1.26 bits per heavy atom. The molecule has 0 saturated heterocycles. The Morgan fingerprint density at radius 2 is 2.04 bits per heavy atom. The normalized spacial score (nSPS) is 11.6. The molecule has 9 heteroatoms. The summed E-state index contributed by atoms with van der Waals surface area (Å²) < 4.78 is 44.3. The Kier molecular flexibility index (Phi) is 5.59. The Hall–Kier alpha value is -2.68. The van der Waals surface area contributed by atoms with Crippen molar-refractivity contribution in [2.24, 2.45) is 0 Å². The number of carbonyl (C=O) groups is 1. The van der Waals surface area contributed by atoms with Gasteiger partial charge in [-0.05, 0) is 31.2 Å². The Labute approximate surface area is 157 Å². The molecular weight excluding hydrogens is 379 g/mol. The molecule has 0 bridgehead atoms. The molecule has 1 aromatic heterocycles. The Bertz CT molecular complexity index is 956. The second-order valence-corrected chi connectivity index (χ2v) is 6.50. The second kappa shape index (κ2) is 7.91. The molecule has 0 saturated carbocycles. The molecule has 0 radical (unpaired) electrons. The predicted molar refractivity (Wildman–Crippen MR) is 98.1 cm³/mol. The van der Waals surface area contributed by atoms with Crippen molar-refractivity contribution >= 4 is 34.4 Å². The second-order valence-electron chi connectivity index (χ2n) is 5.53. The number of thioether (sulfide) groups is 1. The largest absolute Gasteiger partial charge is 0.494 e. The number of amides is 1. The average Bonchev–Trinajstić information content (AvgIpc) is 3.02. The third-order valence-electron chi connectivity index (χ3n) is 3.59. The van der Waals surface area contributed by atoms with Crippen molar-refractivity contribution in [2.75, 3.05) is 17.7 Å². The van der Waals surface area contributed by atoms with E-state index in [0.29, 0.717) is 23.0 Å². The maximum Gasteiger partial charge on any atom is 0.418 e. The van der Waals surface area contributed by atoms with Gasteiger partial charge in [0, 0.05) is 6.07 Å². The minimum absolute atomic E-state index is 0.0790. The molecule has 0 aliphatic carbocycles.